The third-order valence-electron chi connectivity index (χ3n) is 3.19. The van der Waals surface area contributed by atoms with E-state index in [9.17, 15) is 4.91 Å². The van der Waals surface area contributed by atoms with Gasteiger partial charge in [0.2, 0.25) is 0 Å². The van der Waals surface area contributed by atoms with Crippen LogP contribution in [0.25, 0.3) is 0 Å². The average Bonchev–Trinajstić information content (AvgIpc) is 2.53. The molecule has 0 amide bonds. The first-order chi connectivity index (χ1) is 9.90. The van der Waals surface area contributed by atoms with Crippen molar-refractivity contribution in [2.45, 2.75) is 25.5 Å². The van der Waals surface area contributed by atoms with Gasteiger partial charge in [-0.25, -0.2) is 0 Å². The second kappa shape index (κ2) is 8.23. The first-order valence-electron chi connectivity index (χ1n) is 6.89. The van der Waals surface area contributed by atoms with E-state index in [-0.39, 0.29) is 6.04 Å². The van der Waals surface area contributed by atoms with Gasteiger partial charge in [-0.2, -0.15) is 4.91 Å². The summed E-state index contributed by atoms with van der Waals surface area (Å²) in [4.78, 5) is 10.9. The number of rotatable bonds is 8. The lowest BCUT2D eigenvalue weighted by Crippen LogP contribution is -2.00. The molecule has 1 unspecified atom stereocenters. The lowest BCUT2D eigenvalue weighted by Gasteiger charge is -2.09. The zero-order chi connectivity index (χ0) is 14.0. The van der Waals surface area contributed by atoms with Crippen molar-refractivity contribution >= 4 is 0 Å². The molecule has 3 heteroatoms. The second-order valence-electron chi connectivity index (χ2n) is 4.71. The van der Waals surface area contributed by atoms with E-state index in [0.29, 0.717) is 13.2 Å². The van der Waals surface area contributed by atoms with Crippen LogP contribution in [0.2, 0.25) is 0 Å². The van der Waals surface area contributed by atoms with E-state index < -0.39 is 0 Å². The fourth-order valence-corrected chi connectivity index (χ4v) is 2.10. The van der Waals surface area contributed by atoms with Crippen molar-refractivity contribution in [1.29, 1.82) is 0 Å². The van der Waals surface area contributed by atoms with Gasteiger partial charge in [0, 0.05) is 6.61 Å². The summed E-state index contributed by atoms with van der Waals surface area (Å²) < 4.78 is 5.61. The molecule has 0 N–H and O–H groups in total. The van der Waals surface area contributed by atoms with Crippen LogP contribution < -0.4 is 0 Å². The molecule has 20 heavy (non-hydrogen) atoms. The number of hydrogen-bond donors (Lipinski definition) is 0. The topological polar surface area (TPSA) is 38.7 Å². The quantitative estimate of drug-likeness (QED) is 0.523. The van der Waals surface area contributed by atoms with Crippen molar-refractivity contribution in [3.8, 4) is 0 Å². The van der Waals surface area contributed by atoms with Crippen LogP contribution in [0.4, 0.5) is 0 Å². The summed E-state index contributed by atoms with van der Waals surface area (Å²) in [5.74, 6) is 0. The largest absolute Gasteiger partial charge is 0.377 e. The Labute approximate surface area is 119 Å². The third-order valence-corrected chi connectivity index (χ3v) is 3.19. The summed E-state index contributed by atoms with van der Waals surface area (Å²) in [6.07, 6.45) is 1.56. The molecule has 2 rings (SSSR count). The van der Waals surface area contributed by atoms with Crippen LogP contribution in [0.1, 0.15) is 30.0 Å². The van der Waals surface area contributed by atoms with Gasteiger partial charge in [0.05, 0.1) is 6.61 Å². The first kappa shape index (κ1) is 14.4. The van der Waals surface area contributed by atoms with Gasteiger partial charge in [0.25, 0.3) is 0 Å². The molecule has 2 aromatic rings. The highest BCUT2D eigenvalue weighted by molar-refractivity contribution is 5.18. The molecule has 0 aliphatic carbocycles. The highest BCUT2D eigenvalue weighted by Crippen LogP contribution is 2.22. The van der Waals surface area contributed by atoms with Gasteiger partial charge in [0.1, 0.15) is 6.04 Å². The van der Waals surface area contributed by atoms with Gasteiger partial charge in [0.15, 0.2) is 0 Å². The fraction of sp³-hybridized carbons (Fsp3) is 0.294. The summed E-state index contributed by atoms with van der Waals surface area (Å²) in [5, 5.41) is 3.21. The van der Waals surface area contributed by atoms with E-state index in [1.165, 1.54) is 5.56 Å². The Kier molecular flexibility index (Phi) is 5.93. The highest BCUT2D eigenvalue weighted by Gasteiger charge is 2.10. The van der Waals surface area contributed by atoms with Crippen molar-refractivity contribution in [2.75, 3.05) is 6.61 Å². The van der Waals surface area contributed by atoms with Crippen LogP contribution in [0.3, 0.4) is 0 Å². The Morgan fingerprint density at radius 2 is 1.60 bits per heavy atom. The first-order valence-corrected chi connectivity index (χ1v) is 6.89. The van der Waals surface area contributed by atoms with Gasteiger partial charge >= 0.3 is 0 Å². The Balaban J connectivity index is 1.68. The summed E-state index contributed by atoms with van der Waals surface area (Å²) >= 11 is 0. The molecule has 2 aromatic carbocycles. The molecule has 0 heterocycles. The van der Waals surface area contributed by atoms with Gasteiger partial charge in [-0.3, -0.25) is 0 Å². The van der Waals surface area contributed by atoms with Crippen LogP contribution in [0.15, 0.2) is 65.8 Å². The Morgan fingerprint density at radius 1 is 0.950 bits per heavy atom. The summed E-state index contributed by atoms with van der Waals surface area (Å²) in [6, 6.07) is 19.5. The number of hydrogen-bond acceptors (Lipinski definition) is 3. The Bertz CT molecular complexity index is 499. The van der Waals surface area contributed by atoms with Crippen molar-refractivity contribution in [3.05, 3.63) is 76.7 Å². The van der Waals surface area contributed by atoms with Crippen LogP contribution in [-0.4, -0.2) is 6.61 Å². The standard InChI is InChI=1S/C17H19NO2/c19-18-17(16-10-5-2-6-11-16)12-7-13-20-14-15-8-3-1-4-9-15/h1-6,8-11,17H,7,12-14H2. The molecule has 0 aromatic heterocycles. The van der Waals surface area contributed by atoms with E-state index >= 15 is 0 Å². The molecule has 0 saturated carbocycles. The van der Waals surface area contributed by atoms with Crippen molar-refractivity contribution in [3.63, 3.8) is 0 Å². The summed E-state index contributed by atoms with van der Waals surface area (Å²) in [7, 11) is 0. The zero-order valence-corrected chi connectivity index (χ0v) is 11.4. The summed E-state index contributed by atoms with van der Waals surface area (Å²) in [6.45, 7) is 1.26. The maximum absolute atomic E-state index is 10.9. The van der Waals surface area contributed by atoms with Crippen molar-refractivity contribution in [1.82, 2.24) is 0 Å². The molecular weight excluding hydrogens is 250 g/mol. The fourth-order valence-electron chi connectivity index (χ4n) is 2.10. The molecule has 1 atom stereocenters. The predicted octanol–water partition coefficient (Wildman–Crippen LogP) is 4.49. The van der Waals surface area contributed by atoms with Gasteiger partial charge < -0.3 is 4.74 Å². The van der Waals surface area contributed by atoms with E-state index in [4.69, 9.17) is 4.74 Å². The van der Waals surface area contributed by atoms with Crippen LogP contribution in [0, 0.1) is 4.91 Å². The molecule has 0 aliphatic rings. The van der Waals surface area contributed by atoms with E-state index in [0.717, 1.165) is 18.4 Å². The van der Waals surface area contributed by atoms with Crippen LogP contribution in [0.5, 0.6) is 0 Å². The van der Waals surface area contributed by atoms with E-state index in [1.807, 2.05) is 60.7 Å². The minimum absolute atomic E-state index is 0.267. The molecule has 104 valence electrons. The van der Waals surface area contributed by atoms with Crippen molar-refractivity contribution < 1.29 is 4.74 Å². The number of benzene rings is 2. The zero-order valence-electron chi connectivity index (χ0n) is 11.4. The highest BCUT2D eigenvalue weighted by atomic mass is 16.5. The van der Waals surface area contributed by atoms with Gasteiger partial charge in [-0.1, -0.05) is 65.8 Å². The summed E-state index contributed by atoms with van der Waals surface area (Å²) in [5.41, 5.74) is 2.14. The molecule has 0 bridgehead atoms. The predicted molar refractivity (Wildman–Crippen MR) is 80.3 cm³/mol. The van der Waals surface area contributed by atoms with Crippen LogP contribution in [-0.2, 0) is 11.3 Å². The molecule has 0 saturated heterocycles. The third kappa shape index (κ3) is 4.59. The molecule has 0 radical (unpaired) electrons. The molecule has 0 fully saturated rings. The minimum Gasteiger partial charge on any atom is -0.377 e. The number of nitrogens with zero attached hydrogens (tertiary/aromatic N) is 1. The molecule has 0 aliphatic heterocycles. The monoisotopic (exact) mass is 269 g/mol. The lowest BCUT2D eigenvalue weighted by molar-refractivity contribution is 0.116. The molecule has 3 nitrogen and oxygen atoms in total. The maximum Gasteiger partial charge on any atom is 0.117 e. The molecule has 0 spiro atoms. The van der Waals surface area contributed by atoms with E-state index in [1.54, 1.807) is 0 Å². The van der Waals surface area contributed by atoms with Crippen molar-refractivity contribution in [2.24, 2.45) is 5.18 Å². The maximum atomic E-state index is 10.9. The van der Waals surface area contributed by atoms with Gasteiger partial charge in [-0.15, -0.1) is 0 Å². The van der Waals surface area contributed by atoms with Crippen LogP contribution >= 0.6 is 0 Å². The second-order valence-corrected chi connectivity index (χ2v) is 4.71. The average molecular weight is 269 g/mol. The number of nitroso groups, excluding NO2 is 1. The lowest BCUT2D eigenvalue weighted by atomic mass is 10.0. The molecular formula is C17H19NO2. The minimum atomic E-state index is -0.267. The normalized spacial score (nSPS) is 12.0. The Hall–Kier alpha value is -2.00. The number of ether oxygens (including phenoxy) is 1. The SMILES string of the molecule is O=NC(CCCOCc1ccccc1)c1ccccc1. The smallest absolute Gasteiger partial charge is 0.117 e. The Morgan fingerprint density at radius 3 is 2.25 bits per heavy atom. The van der Waals surface area contributed by atoms with E-state index in [2.05, 4.69) is 5.18 Å². The van der Waals surface area contributed by atoms with Gasteiger partial charge in [-0.05, 0) is 24.0 Å².